The van der Waals surface area contributed by atoms with Gasteiger partial charge in [0.15, 0.2) is 0 Å². The first-order valence-electron chi connectivity index (χ1n) is 11.7. The van der Waals surface area contributed by atoms with Gasteiger partial charge in [0.05, 0.1) is 0 Å². The monoisotopic (exact) mass is 414 g/mol. The zero-order valence-electron chi connectivity index (χ0n) is 18.7. The van der Waals surface area contributed by atoms with E-state index in [0.717, 1.165) is 12.8 Å². The largest absolute Gasteiger partial charge is 0.0620 e. The average Bonchev–Trinajstić information content (AvgIpc) is 2.87. The molecule has 0 saturated carbocycles. The summed E-state index contributed by atoms with van der Waals surface area (Å²) in [6.07, 6.45) is 2.08. The molecule has 0 unspecified atom stereocenters. The van der Waals surface area contributed by atoms with Gasteiger partial charge in [0.2, 0.25) is 0 Å². The molecule has 6 aromatic carbocycles. The molecule has 0 aliphatic heterocycles. The van der Waals surface area contributed by atoms with Crippen molar-refractivity contribution in [3.05, 3.63) is 108 Å². The van der Waals surface area contributed by atoms with E-state index in [-0.39, 0.29) is 2.85 Å². The van der Waals surface area contributed by atoms with Gasteiger partial charge in [-0.05, 0) is 78.5 Å². The van der Waals surface area contributed by atoms with Crippen LogP contribution in [0.1, 0.15) is 27.8 Å². The molecule has 0 nitrogen and oxygen atoms in total. The predicted molar refractivity (Wildman–Crippen MR) is 144 cm³/mol. The van der Waals surface area contributed by atoms with Gasteiger partial charge in [-0.1, -0.05) is 111 Å². The fourth-order valence-electron chi connectivity index (χ4n) is 5.45. The zero-order chi connectivity index (χ0) is 21.7. The molecule has 0 saturated heterocycles. The summed E-state index contributed by atoms with van der Waals surface area (Å²) in [6.45, 7) is 4.48. The molecule has 0 heteroatoms. The summed E-state index contributed by atoms with van der Waals surface area (Å²) in [6, 6.07) is 36.1. The van der Waals surface area contributed by atoms with Crippen molar-refractivity contribution in [2.75, 3.05) is 0 Å². The molecule has 0 fully saturated rings. The van der Waals surface area contributed by atoms with Gasteiger partial charge in [-0.25, -0.2) is 0 Å². The van der Waals surface area contributed by atoms with Gasteiger partial charge in [-0.2, -0.15) is 0 Å². The Bertz CT molecular complexity index is 1480. The van der Waals surface area contributed by atoms with Crippen LogP contribution in [-0.4, -0.2) is 0 Å². The quantitative estimate of drug-likeness (QED) is 0.252. The third kappa shape index (κ3) is 2.76. The van der Waals surface area contributed by atoms with E-state index in [4.69, 9.17) is 0 Å². The molecular formula is C32H30. The van der Waals surface area contributed by atoms with Gasteiger partial charge >= 0.3 is 0 Å². The van der Waals surface area contributed by atoms with Crippen LogP contribution >= 0.6 is 0 Å². The molecule has 0 aliphatic rings. The highest BCUT2D eigenvalue weighted by Gasteiger charge is 2.16. The van der Waals surface area contributed by atoms with Gasteiger partial charge in [0.1, 0.15) is 0 Å². The van der Waals surface area contributed by atoms with Crippen molar-refractivity contribution in [1.82, 2.24) is 0 Å². The predicted octanol–water partition coefficient (Wildman–Crippen LogP) is 9.53. The fourth-order valence-corrected chi connectivity index (χ4v) is 5.45. The lowest BCUT2D eigenvalue weighted by molar-refractivity contribution is 1.14. The highest BCUT2D eigenvalue weighted by Crippen LogP contribution is 2.43. The molecule has 0 aromatic heterocycles. The van der Waals surface area contributed by atoms with Crippen molar-refractivity contribution in [2.45, 2.75) is 26.7 Å². The summed E-state index contributed by atoms with van der Waals surface area (Å²) < 4.78 is 0. The second-order valence-corrected chi connectivity index (χ2v) is 8.67. The molecule has 6 rings (SSSR count). The summed E-state index contributed by atoms with van der Waals surface area (Å²) in [5.74, 6) is 0. The van der Waals surface area contributed by atoms with Crippen molar-refractivity contribution in [3.8, 4) is 22.3 Å². The molecule has 0 bridgehead atoms. The van der Waals surface area contributed by atoms with Crippen molar-refractivity contribution < 1.29 is 2.85 Å². The molecule has 32 heavy (non-hydrogen) atoms. The molecule has 0 spiro atoms. The highest BCUT2D eigenvalue weighted by molar-refractivity contribution is 6.27. The van der Waals surface area contributed by atoms with E-state index in [1.54, 1.807) is 0 Å². The van der Waals surface area contributed by atoms with E-state index in [0.29, 0.717) is 0 Å². The van der Waals surface area contributed by atoms with Crippen LogP contribution in [0.25, 0.3) is 54.6 Å². The minimum atomic E-state index is 0. The van der Waals surface area contributed by atoms with Crippen LogP contribution in [-0.2, 0) is 12.8 Å². The standard InChI is InChI=1S/C32H26.2H2/c1-3-21-9-5-7-11-25(21)27-17-13-23-16-20-30-28(26-12-8-6-10-22(26)4-2)18-14-24-15-19-29(27)31(23)32(24)30;;/h5-20H,3-4H2,1-2H3;2*1H. The van der Waals surface area contributed by atoms with E-state index in [1.165, 1.54) is 65.7 Å². The summed E-state index contributed by atoms with van der Waals surface area (Å²) in [7, 11) is 0. The minimum absolute atomic E-state index is 0. The van der Waals surface area contributed by atoms with E-state index >= 15 is 0 Å². The van der Waals surface area contributed by atoms with Crippen molar-refractivity contribution in [3.63, 3.8) is 0 Å². The first-order valence-corrected chi connectivity index (χ1v) is 11.7. The molecule has 0 atom stereocenters. The van der Waals surface area contributed by atoms with Crippen molar-refractivity contribution >= 4 is 32.3 Å². The fraction of sp³-hybridized carbons (Fsp3) is 0.125. The maximum atomic E-state index is 2.32. The van der Waals surface area contributed by atoms with Gasteiger partial charge in [0, 0.05) is 2.85 Å². The smallest absolute Gasteiger partial charge is 0 e. The van der Waals surface area contributed by atoms with Crippen molar-refractivity contribution in [1.29, 1.82) is 0 Å². The molecule has 0 amide bonds. The number of hydrogen-bond donors (Lipinski definition) is 0. The Morgan fingerprint density at radius 3 is 1.28 bits per heavy atom. The van der Waals surface area contributed by atoms with Crippen LogP contribution in [0.5, 0.6) is 0 Å². The average molecular weight is 415 g/mol. The van der Waals surface area contributed by atoms with E-state index in [9.17, 15) is 0 Å². The molecule has 0 radical (unpaired) electrons. The Kier molecular flexibility index (Phi) is 4.47. The first-order chi connectivity index (χ1) is 15.8. The summed E-state index contributed by atoms with van der Waals surface area (Å²) >= 11 is 0. The van der Waals surface area contributed by atoms with Crippen LogP contribution in [0.15, 0.2) is 97.1 Å². The Morgan fingerprint density at radius 1 is 0.438 bits per heavy atom. The highest BCUT2D eigenvalue weighted by atomic mass is 14.2. The number of rotatable bonds is 4. The normalized spacial score (nSPS) is 11.7. The number of hydrogen-bond acceptors (Lipinski definition) is 0. The van der Waals surface area contributed by atoms with Crippen LogP contribution in [0, 0.1) is 0 Å². The van der Waals surface area contributed by atoms with Crippen LogP contribution < -0.4 is 0 Å². The van der Waals surface area contributed by atoms with Crippen LogP contribution in [0.3, 0.4) is 0 Å². The van der Waals surface area contributed by atoms with Gasteiger partial charge < -0.3 is 0 Å². The molecule has 0 aliphatic carbocycles. The summed E-state index contributed by atoms with van der Waals surface area (Å²) in [5.41, 5.74) is 8.18. The van der Waals surface area contributed by atoms with Gasteiger partial charge in [-0.15, -0.1) is 0 Å². The first kappa shape index (κ1) is 19.1. The second-order valence-electron chi connectivity index (χ2n) is 8.67. The van der Waals surface area contributed by atoms with Gasteiger partial charge in [-0.3, -0.25) is 0 Å². The Hall–Kier alpha value is -3.64. The number of benzene rings is 6. The Morgan fingerprint density at radius 2 is 0.844 bits per heavy atom. The van der Waals surface area contributed by atoms with E-state index in [2.05, 4.69) is 111 Å². The Labute approximate surface area is 192 Å². The maximum Gasteiger partial charge on any atom is 0 e. The lowest BCUT2D eigenvalue weighted by Gasteiger charge is -2.18. The summed E-state index contributed by atoms with van der Waals surface area (Å²) in [5, 5.41) is 8.11. The Balaban J connectivity index is 0.00000137. The topological polar surface area (TPSA) is 0 Å². The third-order valence-electron chi connectivity index (χ3n) is 7.04. The molecular weight excluding hydrogens is 384 g/mol. The molecule has 158 valence electrons. The second kappa shape index (κ2) is 7.50. The lowest BCUT2D eigenvalue weighted by atomic mass is 9.85. The van der Waals surface area contributed by atoms with Crippen molar-refractivity contribution in [2.24, 2.45) is 0 Å². The van der Waals surface area contributed by atoms with Crippen LogP contribution in [0.4, 0.5) is 0 Å². The molecule has 6 aromatic rings. The van der Waals surface area contributed by atoms with Crippen LogP contribution in [0.2, 0.25) is 0 Å². The third-order valence-corrected chi connectivity index (χ3v) is 7.04. The number of aryl methyl sites for hydroxylation is 2. The molecule has 0 heterocycles. The maximum absolute atomic E-state index is 2.32. The lowest BCUT2D eigenvalue weighted by Crippen LogP contribution is -1.93. The minimum Gasteiger partial charge on any atom is -0.0620 e. The van der Waals surface area contributed by atoms with Gasteiger partial charge in [0.25, 0.3) is 0 Å². The van der Waals surface area contributed by atoms with E-state index < -0.39 is 0 Å². The molecule has 0 N–H and O–H groups in total. The van der Waals surface area contributed by atoms with E-state index in [1.807, 2.05) is 0 Å². The zero-order valence-corrected chi connectivity index (χ0v) is 18.7. The summed E-state index contributed by atoms with van der Waals surface area (Å²) in [4.78, 5) is 0. The SMILES string of the molecule is CCc1ccccc1-c1ccc2ccc3c(-c4ccccc4CC)ccc4ccc1c2c43.[HH].[HH].